The smallest absolute Gasteiger partial charge is 0.113 e. The number of nitrogens with one attached hydrogen (secondary N) is 1. The molecule has 1 heterocycles. The number of H-pyrrole nitrogens is 1. The lowest BCUT2D eigenvalue weighted by Crippen LogP contribution is -1.98. The third-order valence-corrected chi connectivity index (χ3v) is 3.51. The van der Waals surface area contributed by atoms with Crippen molar-refractivity contribution in [3.63, 3.8) is 0 Å². The first-order valence-corrected chi connectivity index (χ1v) is 6.01. The van der Waals surface area contributed by atoms with Gasteiger partial charge in [-0.25, -0.2) is 0 Å². The van der Waals surface area contributed by atoms with Crippen molar-refractivity contribution in [1.82, 2.24) is 4.98 Å². The van der Waals surface area contributed by atoms with Crippen molar-refractivity contribution in [3.05, 3.63) is 54.6 Å². The lowest BCUT2D eigenvalue weighted by atomic mass is 9.94. The van der Waals surface area contributed by atoms with E-state index in [2.05, 4.69) is 41.4 Å². The highest BCUT2D eigenvalue weighted by Gasteiger charge is 2.07. The maximum atomic E-state index is 5.90. The Balaban J connectivity index is 2.35. The molecule has 18 heavy (non-hydrogen) atoms. The Hall–Kier alpha value is -2.22. The van der Waals surface area contributed by atoms with Gasteiger partial charge in [-0.1, -0.05) is 47.9 Å². The number of hydrogen-bond acceptors (Lipinski definition) is 0. The van der Waals surface area contributed by atoms with Gasteiger partial charge in [-0.15, -0.1) is 0 Å². The summed E-state index contributed by atoms with van der Waals surface area (Å²) in [5.41, 5.74) is 3.10. The second-order valence-corrected chi connectivity index (χ2v) is 4.64. The van der Waals surface area contributed by atoms with E-state index in [0.29, 0.717) is 0 Å². The summed E-state index contributed by atoms with van der Waals surface area (Å²) in [6, 6.07) is 18.7. The molecule has 1 N–H and O–H groups in total. The zero-order valence-corrected chi connectivity index (χ0v) is 9.77. The third kappa shape index (κ3) is 1.23. The zero-order valence-electron chi connectivity index (χ0n) is 9.77. The molecular formula is C16H10BN. The van der Waals surface area contributed by atoms with Crippen molar-refractivity contribution >= 4 is 45.9 Å². The van der Waals surface area contributed by atoms with Crippen LogP contribution in [0, 0.1) is 0 Å². The van der Waals surface area contributed by atoms with Crippen molar-refractivity contribution in [1.29, 1.82) is 0 Å². The molecule has 82 valence electrons. The highest BCUT2D eigenvalue weighted by atomic mass is 14.7. The lowest BCUT2D eigenvalue weighted by Gasteiger charge is -2.00. The summed E-state index contributed by atoms with van der Waals surface area (Å²) in [4.78, 5) is 3.44. The lowest BCUT2D eigenvalue weighted by molar-refractivity contribution is 1.55. The summed E-state index contributed by atoms with van der Waals surface area (Å²) in [5, 5.41) is 4.98. The first-order valence-electron chi connectivity index (χ1n) is 6.01. The molecule has 0 fully saturated rings. The second kappa shape index (κ2) is 3.39. The summed E-state index contributed by atoms with van der Waals surface area (Å²) in [7, 11) is 5.90. The van der Waals surface area contributed by atoms with Crippen molar-refractivity contribution in [2.75, 3.05) is 0 Å². The van der Waals surface area contributed by atoms with Gasteiger partial charge in [0, 0.05) is 21.8 Å². The fourth-order valence-corrected chi connectivity index (χ4v) is 2.69. The van der Waals surface area contributed by atoms with Gasteiger partial charge in [-0.2, -0.15) is 0 Å². The number of rotatable bonds is 0. The molecular weight excluding hydrogens is 217 g/mol. The van der Waals surface area contributed by atoms with E-state index in [1.807, 2.05) is 18.2 Å². The van der Waals surface area contributed by atoms with Crippen LogP contribution in [0.4, 0.5) is 0 Å². The molecule has 1 aromatic heterocycles. The molecule has 0 unspecified atom stereocenters. The molecule has 0 aliphatic rings. The highest BCUT2D eigenvalue weighted by molar-refractivity contribution is 6.34. The van der Waals surface area contributed by atoms with Gasteiger partial charge in [0.2, 0.25) is 0 Å². The molecule has 0 atom stereocenters. The summed E-state index contributed by atoms with van der Waals surface area (Å²) >= 11 is 0. The van der Waals surface area contributed by atoms with Crippen LogP contribution in [0.25, 0.3) is 32.6 Å². The Kier molecular flexibility index (Phi) is 1.84. The average molecular weight is 227 g/mol. The fourth-order valence-electron chi connectivity index (χ4n) is 2.69. The monoisotopic (exact) mass is 227 g/mol. The number of aromatic amines is 1. The molecule has 0 saturated heterocycles. The van der Waals surface area contributed by atoms with Crippen LogP contribution in [-0.2, 0) is 0 Å². The van der Waals surface area contributed by atoms with E-state index in [-0.39, 0.29) is 0 Å². The van der Waals surface area contributed by atoms with E-state index < -0.39 is 0 Å². The van der Waals surface area contributed by atoms with E-state index in [1.54, 1.807) is 0 Å². The molecule has 4 aromatic rings. The van der Waals surface area contributed by atoms with Gasteiger partial charge in [-0.3, -0.25) is 0 Å². The Morgan fingerprint density at radius 2 is 1.61 bits per heavy atom. The van der Waals surface area contributed by atoms with E-state index in [9.17, 15) is 0 Å². The summed E-state index contributed by atoms with van der Waals surface area (Å²) in [6.07, 6.45) is 0. The topological polar surface area (TPSA) is 15.8 Å². The van der Waals surface area contributed by atoms with Crippen LogP contribution in [0.5, 0.6) is 0 Å². The predicted octanol–water partition coefficient (Wildman–Crippen LogP) is 3.27. The quantitative estimate of drug-likeness (QED) is 0.444. The molecule has 1 nitrogen and oxygen atoms in total. The van der Waals surface area contributed by atoms with E-state index in [1.165, 1.54) is 21.5 Å². The minimum atomic E-state index is 0.802. The van der Waals surface area contributed by atoms with Crippen molar-refractivity contribution in [2.24, 2.45) is 0 Å². The van der Waals surface area contributed by atoms with Gasteiger partial charge in [0.05, 0.1) is 0 Å². The number of aromatic nitrogens is 1. The van der Waals surface area contributed by atoms with Crippen LogP contribution in [0.15, 0.2) is 54.6 Å². The molecule has 2 heteroatoms. The van der Waals surface area contributed by atoms with E-state index in [0.717, 1.165) is 16.5 Å². The molecule has 0 bridgehead atoms. The van der Waals surface area contributed by atoms with Gasteiger partial charge in [-0.05, 0) is 22.9 Å². The van der Waals surface area contributed by atoms with Crippen LogP contribution >= 0.6 is 0 Å². The normalized spacial score (nSPS) is 11.6. The van der Waals surface area contributed by atoms with Crippen LogP contribution < -0.4 is 5.46 Å². The summed E-state index contributed by atoms with van der Waals surface area (Å²) in [5.74, 6) is 0. The van der Waals surface area contributed by atoms with Crippen molar-refractivity contribution < 1.29 is 0 Å². The zero-order chi connectivity index (χ0) is 12.1. The number of benzene rings is 3. The highest BCUT2D eigenvalue weighted by Crippen LogP contribution is 2.31. The number of hydrogen-bond donors (Lipinski definition) is 1. The Morgan fingerprint density at radius 3 is 2.56 bits per heavy atom. The molecule has 0 aliphatic heterocycles. The standard InChI is InChI=1S/C16H10BN/c17-11-6-8-14-13(9-11)16-12-4-2-1-3-10(12)5-7-15(16)18-14/h1-9,18H. The minimum absolute atomic E-state index is 0.802. The second-order valence-electron chi connectivity index (χ2n) is 4.64. The summed E-state index contributed by atoms with van der Waals surface area (Å²) < 4.78 is 0. The van der Waals surface area contributed by atoms with Crippen LogP contribution in [0.1, 0.15) is 0 Å². The Morgan fingerprint density at radius 1 is 0.778 bits per heavy atom. The van der Waals surface area contributed by atoms with Gasteiger partial charge in [0.1, 0.15) is 7.85 Å². The molecule has 0 spiro atoms. The van der Waals surface area contributed by atoms with Gasteiger partial charge < -0.3 is 4.98 Å². The van der Waals surface area contributed by atoms with Crippen LogP contribution in [-0.4, -0.2) is 12.8 Å². The third-order valence-electron chi connectivity index (χ3n) is 3.51. The van der Waals surface area contributed by atoms with Gasteiger partial charge >= 0.3 is 0 Å². The van der Waals surface area contributed by atoms with Crippen LogP contribution in [0.3, 0.4) is 0 Å². The first kappa shape index (κ1) is 9.78. The largest absolute Gasteiger partial charge is 0.354 e. The van der Waals surface area contributed by atoms with Gasteiger partial charge in [0.25, 0.3) is 0 Å². The fraction of sp³-hybridized carbons (Fsp3) is 0. The predicted molar refractivity (Wildman–Crippen MR) is 78.7 cm³/mol. The molecule has 0 amide bonds. The minimum Gasteiger partial charge on any atom is -0.354 e. The Labute approximate surface area is 106 Å². The van der Waals surface area contributed by atoms with Crippen LogP contribution in [0.2, 0.25) is 0 Å². The van der Waals surface area contributed by atoms with Gasteiger partial charge in [0.15, 0.2) is 0 Å². The van der Waals surface area contributed by atoms with Crippen molar-refractivity contribution in [3.8, 4) is 0 Å². The summed E-state index contributed by atoms with van der Waals surface area (Å²) in [6.45, 7) is 0. The molecule has 2 radical (unpaired) electrons. The number of fused-ring (bicyclic) bond motifs is 5. The molecule has 4 rings (SSSR count). The molecule has 0 saturated carbocycles. The Bertz CT molecular complexity index is 889. The first-order chi connectivity index (χ1) is 8.83. The molecule has 3 aromatic carbocycles. The van der Waals surface area contributed by atoms with Crippen molar-refractivity contribution in [2.45, 2.75) is 0 Å². The SMILES string of the molecule is [B]c1ccc2[nH]c3ccc4ccccc4c3c2c1. The van der Waals surface area contributed by atoms with E-state index >= 15 is 0 Å². The van der Waals surface area contributed by atoms with E-state index in [4.69, 9.17) is 7.85 Å². The maximum Gasteiger partial charge on any atom is 0.113 e. The maximum absolute atomic E-state index is 5.90. The average Bonchev–Trinajstić information content (AvgIpc) is 2.77. The molecule has 0 aliphatic carbocycles.